The van der Waals surface area contributed by atoms with E-state index in [0.717, 1.165) is 25.7 Å². The molecule has 0 atom stereocenters. The number of hydrogen-bond acceptors (Lipinski definition) is 4. The van der Waals surface area contributed by atoms with E-state index in [9.17, 15) is 19.8 Å². The van der Waals surface area contributed by atoms with Crippen LogP contribution in [0.5, 0.6) is 0 Å². The Bertz CT molecular complexity index is 371. The summed E-state index contributed by atoms with van der Waals surface area (Å²) in [6.45, 7) is 4.49. The minimum absolute atomic E-state index is 0. The maximum atomic E-state index is 10.1. The third kappa shape index (κ3) is 65.6. The van der Waals surface area contributed by atoms with Crippen molar-refractivity contribution < 1.29 is 70.4 Å². The van der Waals surface area contributed by atoms with E-state index in [-0.39, 0.29) is 86.5 Å². The molecule has 0 aliphatic heterocycles. The summed E-state index contributed by atoms with van der Waals surface area (Å²) in [4.78, 5) is 20.3. The molecule has 7 nitrogen and oxygen atoms in total. The van der Waals surface area contributed by atoms with Crippen molar-refractivity contribution in [3.8, 4) is 0 Å². The van der Waals surface area contributed by atoms with Crippen LogP contribution in [0.15, 0.2) is 0 Å². The number of aliphatic carboxylic acids is 2. The van der Waals surface area contributed by atoms with E-state index >= 15 is 0 Å². The van der Waals surface area contributed by atoms with Gasteiger partial charge in [-0.25, -0.2) is 0 Å². The van der Waals surface area contributed by atoms with Crippen molar-refractivity contribution in [2.24, 2.45) is 0 Å². The van der Waals surface area contributed by atoms with Gasteiger partial charge in [0.25, 0.3) is 0 Å². The Balaban J connectivity index is -0.0000000682. The van der Waals surface area contributed by atoms with Gasteiger partial charge < -0.3 is 36.2 Å². The standard InChI is InChI=1S/2C14H28O2.2Fe.Mg.3O/c2*1-2-3-4-5-6-7-8-9-10-11-12-13-14(15)16;;;;;;/h2*2-13H2,1H3,(H,15,16);;;;;;/q;;2*+3;+2;3*-2/p-2. The van der Waals surface area contributed by atoms with Crippen LogP contribution in [0, 0.1) is 0 Å². The normalized spacial score (nSPS) is 8.89. The zero-order chi connectivity index (χ0) is 24.1. The summed E-state index contributed by atoms with van der Waals surface area (Å²) in [6, 6.07) is 0. The summed E-state index contributed by atoms with van der Waals surface area (Å²) in [6.07, 6.45) is 28.1. The molecule has 0 heterocycles. The molecule has 0 spiro atoms. The van der Waals surface area contributed by atoms with Crippen molar-refractivity contribution >= 4 is 35.0 Å². The molecule has 0 fully saturated rings. The summed E-state index contributed by atoms with van der Waals surface area (Å²) in [5.74, 6) is -1.81. The molecule has 0 bridgehead atoms. The SMILES string of the molecule is CCCCCCCCCCCCCC(=O)[O-].CCCCCCCCCCCCCC(=O)[O-].[Fe+3].[Fe+3].[Mg+2].[O-2].[O-2].[O-2]. The second-order valence-corrected chi connectivity index (χ2v) is 9.32. The molecule has 0 aliphatic carbocycles. The fraction of sp³-hybridized carbons (Fsp3) is 0.929. The first-order valence-corrected chi connectivity index (χ1v) is 13.9. The predicted octanol–water partition coefficient (Wildman–Crippen LogP) is 6.13. The summed E-state index contributed by atoms with van der Waals surface area (Å²) >= 11 is 0. The maximum Gasteiger partial charge on any atom is 3.00 e. The number of carbonyl (C=O) groups excluding carboxylic acids is 2. The van der Waals surface area contributed by atoms with Crippen LogP contribution in [0.3, 0.4) is 0 Å². The van der Waals surface area contributed by atoms with E-state index in [0.29, 0.717) is 0 Å². The van der Waals surface area contributed by atoms with Gasteiger partial charge in [-0.2, -0.15) is 0 Å². The van der Waals surface area contributed by atoms with Crippen LogP contribution in [0.2, 0.25) is 0 Å². The zero-order valence-corrected chi connectivity index (χ0v) is 27.9. The smallest absolute Gasteiger partial charge is 2.00 e. The van der Waals surface area contributed by atoms with Crippen LogP contribution in [-0.2, 0) is 60.2 Å². The molecular weight excluding hydrogens is 584 g/mol. The van der Waals surface area contributed by atoms with Crippen LogP contribution >= 0.6 is 0 Å². The molecule has 0 saturated heterocycles. The molecule has 0 N–H and O–H groups in total. The Morgan fingerprint density at radius 3 is 0.711 bits per heavy atom. The van der Waals surface area contributed by atoms with Gasteiger partial charge in [-0.1, -0.05) is 142 Å². The van der Waals surface area contributed by atoms with Crippen LogP contribution in [-0.4, -0.2) is 35.0 Å². The number of rotatable bonds is 24. The van der Waals surface area contributed by atoms with Crippen LogP contribution in [0.4, 0.5) is 0 Å². The molecule has 226 valence electrons. The molecular formula is C28H54Fe2MgO7. The first kappa shape index (κ1) is 58.3. The second-order valence-electron chi connectivity index (χ2n) is 9.32. The van der Waals surface area contributed by atoms with Gasteiger partial charge in [0.2, 0.25) is 0 Å². The number of hydrogen-bond donors (Lipinski definition) is 0. The fourth-order valence-corrected chi connectivity index (χ4v) is 3.87. The van der Waals surface area contributed by atoms with Gasteiger partial charge in [-0.15, -0.1) is 0 Å². The first-order valence-electron chi connectivity index (χ1n) is 13.9. The van der Waals surface area contributed by atoms with Gasteiger partial charge in [-0.05, 0) is 25.7 Å². The topological polar surface area (TPSA) is 166 Å². The zero-order valence-electron chi connectivity index (χ0n) is 24.2. The number of carbonyl (C=O) groups is 2. The average Bonchev–Trinajstić information content (AvgIpc) is 2.76. The van der Waals surface area contributed by atoms with Crippen molar-refractivity contribution in [3.05, 3.63) is 0 Å². The molecule has 0 rings (SSSR count). The molecule has 0 aromatic rings. The van der Waals surface area contributed by atoms with Crippen molar-refractivity contribution in [1.29, 1.82) is 0 Å². The van der Waals surface area contributed by atoms with E-state index in [1.165, 1.54) is 116 Å². The van der Waals surface area contributed by atoms with Gasteiger partial charge in [0.05, 0.1) is 0 Å². The minimum atomic E-state index is -0.907. The van der Waals surface area contributed by atoms with E-state index < -0.39 is 11.9 Å². The fourth-order valence-electron chi connectivity index (χ4n) is 3.87. The van der Waals surface area contributed by atoms with E-state index in [2.05, 4.69) is 13.8 Å². The predicted molar refractivity (Wildman–Crippen MR) is 140 cm³/mol. The largest absolute Gasteiger partial charge is 3.00 e. The maximum absolute atomic E-state index is 10.1. The molecule has 10 heteroatoms. The first-order chi connectivity index (χ1) is 15.5. The minimum Gasteiger partial charge on any atom is -2.00 e. The Kier molecular flexibility index (Phi) is 82.6. The van der Waals surface area contributed by atoms with Crippen molar-refractivity contribution in [1.82, 2.24) is 0 Å². The summed E-state index contributed by atoms with van der Waals surface area (Å²) < 4.78 is 0. The van der Waals surface area contributed by atoms with Crippen molar-refractivity contribution in [3.63, 3.8) is 0 Å². The van der Waals surface area contributed by atoms with Crippen molar-refractivity contribution in [2.45, 2.75) is 168 Å². The van der Waals surface area contributed by atoms with Crippen LogP contribution in [0.1, 0.15) is 168 Å². The van der Waals surface area contributed by atoms with Crippen LogP contribution in [0.25, 0.3) is 0 Å². The quantitative estimate of drug-likeness (QED) is 0.0917. The van der Waals surface area contributed by atoms with Crippen molar-refractivity contribution in [2.75, 3.05) is 0 Å². The number of unbranched alkanes of at least 4 members (excludes halogenated alkanes) is 20. The van der Waals surface area contributed by atoms with Crippen LogP contribution < -0.4 is 10.2 Å². The Morgan fingerprint density at radius 1 is 0.395 bits per heavy atom. The molecule has 0 aromatic heterocycles. The Labute approximate surface area is 271 Å². The van der Waals surface area contributed by atoms with Gasteiger partial charge in [0.1, 0.15) is 0 Å². The number of carboxylic acids is 2. The van der Waals surface area contributed by atoms with Gasteiger partial charge in [-0.3, -0.25) is 0 Å². The third-order valence-corrected chi connectivity index (χ3v) is 5.97. The summed E-state index contributed by atoms with van der Waals surface area (Å²) in [5.41, 5.74) is 0. The molecule has 0 amide bonds. The van der Waals surface area contributed by atoms with E-state index in [1.807, 2.05) is 0 Å². The second kappa shape index (κ2) is 53.8. The Morgan fingerprint density at radius 2 is 0.553 bits per heavy atom. The number of carboxylic acid groups (broad SMARTS) is 2. The van der Waals surface area contributed by atoms with Gasteiger partial charge in [0, 0.05) is 11.9 Å². The van der Waals surface area contributed by atoms with E-state index in [1.54, 1.807) is 0 Å². The Hall–Kier alpha value is 0.625. The molecule has 2 radical (unpaired) electrons. The molecule has 0 aromatic carbocycles. The molecule has 0 aliphatic rings. The third-order valence-electron chi connectivity index (χ3n) is 5.97. The average molecular weight is 639 g/mol. The van der Waals surface area contributed by atoms with Gasteiger partial charge >= 0.3 is 57.2 Å². The van der Waals surface area contributed by atoms with E-state index in [4.69, 9.17) is 0 Å². The summed E-state index contributed by atoms with van der Waals surface area (Å²) in [7, 11) is 0. The summed E-state index contributed by atoms with van der Waals surface area (Å²) in [5, 5.41) is 20.3. The molecule has 38 heavy (non-hydrogen) atoms. The van der Waals surface area contributed by atoms with Gasteiger partial charge in [0.15, 0.2) is 0 Å². The molecule has 0 unspecified atom stereocenters. The molecule has 0 saturated carbocycles. The monoisotopic (exact) mass is 638 g/mol.